The van der Waals surface area contributed by atoms with Gasteiger partial charge in [-0.1, -0.05) is 0 Å². The van der Waals surface area contributed by atoms with Gasteiger partial charge in [-0.05, 0) is 22.0 Å². The first-order valence-electron chi connectivity index (χ1n) is 5.13. The fourth-order valence-electron chi connectivity index (χ4n) is 1.66. The van der Waals surface area contributed by atoms with Crippen LogP contribution in [0, 0.1) is 5.82 Å². The molecular formula is C10H11BrFN5O. The van der Waals surface area contributed by atoms with Gasteiger partial charge in [-0.25, -0.2) is 14.2 Å². The number of nitrogen functional groups attached to an aromatic ring is 1. The maximum Gasteiger partial charge on any atom is 0.312 e. The fourth-order valence-corrected chi connectivity index (χ4v) is 2.00. The lowest BCUT2D eigenvalue weighted by Crippen LogP contribution is -2.32. The van der Waals surface area contributed by atoms with E-state index in [9.17, 15) is 9.18 Å². The smallest absolute Gasteiger partial charge is 0.312 e. The van der Waals surface area contributed by atoms with Crippen LogP contribution in [0.15, 0.2) is 16.6 Å². The van der Waals surface area contributed by atoms with Crippen LogP contribution in [-0.2, 0) is 6.54 Å². The molecule has 5 N–H and O–H groups in total. The lowest BCUT2D eigenvalue weighted by molar-refractivity contribution is 0.248. The molecule has 96 valence electrons. The lowest BCUT2D eigenvalue weighted by Gasteiger charge is -2.06. The van der Waals surface area contributed by atoms with Gasteiger partial charge in [-0.15, -0.1) is 0 Å². The van der Waals surface area contributed by atoms with Gasteiger partial charge in [-0.3, -0.25) is 0 Å². The third kappa shape index (κ3) is 2.37. The quantitative estimate of drug-likeness (QED) is 0.793. The second-order valence-corrected chi connectivity index (χ2v) is 4.52. The number of imidazole rings is 1. The molecule has 0 saturated heterocycles. The van der Waals surface area contributed by atoms with Crippen LogP contribution in [0.1, 0.15) is 0 Å². The first-order chi connectivity index (χ1) is 8.49. The van der Waals surface area contributed by atoms with E-state index in [0.717, 1.165) is 0 Å². The van der Waals surface area contributed by atoms with Crippen molar-refractivity contribution < 1.29 is 9.18 Å². The van der Waals surface area contributed by atoms with Crippen LogP contribution in [0.25, 0.3) is 11.0 Å². The number of nitrogens with zero attached hydrogens (tertiary/aromatic N) is 2. The van der Waals surface area contributed by atoms with Crippen molar-refractivity contribution >= 4 is 38.9 Å². The zero-order valence-electron chi connectivity index (χ0n) is 9.28. The van der Waals surface area contributed by atoms with E-state index in [4.69, 9.17) is 11.5 Å². The molecule has 2 rings (SSSR count). The standard InChI is InChI=1S/C10H11BrFN5O/c11-5-3-7-8(4-6(5)12)17(9(13)16-7)2-1-15-10(14)18/h3-4H,1-2H2,(H2,13,16)(H3,14,15,18). The van der Waals surface area contributed by atoms with Crippen molar-refractivity contribution in [1.82, 2.24) is 14.9 Å². The molecule has 1 aromatic carbocycles. The second-order valence-electron chi connectivity index (χ2n) is 3.67. The topological polar surface area (TPSA) is 99.0 Å². The highest BCUT2D eigenvalue weighted by molar-refractivity contribution is 9.10. The normalized spacial score (nSPS) is 10.8. The third-order valence-corrected chi connectivity index (χ3v) is 3.06. The van der Waals surface area contributed by atoms with Crippen LogP contribution in [0.4, 0.5) is 15.1 Å². The van der Waals surface area contributed by atoms with Gasteiger partial charge in [0.05, 0.1) is 15.5 Å². The van der Waals surface area contributed by atoms with Crippen molar-refractivity contribution in [1.29, 1.82) is 0 Å². The van der Waals surface area contributed by atoms with Crippen LogP contribution in [0.2, 0.25) is 0 Å². The van der Waals surface area contributed by atoms with Crippen molar-refractivity contribution in [3.05, 3.63) is 22.4 Å². The summed E-state index contributed by atoms with van der Waals surface area (Å²) >= 11 is 3.08. The predicted molar refractivity (Wildman–Crippen MR) is 69.4 cm³/mol. The number of hydrogen-bond donors (Lipinski definition) is 3. The highest BCUT2D eigenvalue weighted by Gasteiger charge is 2.11. The summed E-state index contributed by atoms with van der Waals surface area (Å²) in [4.78, 5) is 14.7. The molecule has 2 amide bonds. The van der Waals surface area contributed by atoms with Crippen molar-refractivity contribution in [2.75, 3.05) is 12.3 Å². The van der Waals surface area contributed by atoms with Crippen LogP contribution in [0.3, 0.4) is 0 Å². The Hall–Kier alpha value is -1.83. The van der Waals surface area contributed by atoms with Crippen molar-refractivity contribution in [3.8, 4) is 0 Å². The maximum atomic E-state index is 13.5. The number of rotatable bonds is 3. The molecule has 0 atom stereocenters. The van der Waals surface area contributed by atoms with E-state index >= 15 is 0 Å². The molecule has 0 aliphatic heterocycles. The zero-order valence-corrected chi connectivity index (χ0v) is 10.9. The number of aromatic nitrogens is 2. The van der Waals surface area contributed by atoms with Crippen LogP contribution in [0.5, 0.6) is 0 Å². The van der Waals surface area contributed by atoms with Gasteiger partial charge in [0.15, 0.2) is 0 Å². The molecule has 0 radical (unpaired) electrons. The van der Waals surface area contributed by atoms with E-state index < -0.39 is 11.8 Å². The summed E-state index contributed by atoms with van der Waals surface area (Å²) in [6, 6.07) is 2.28. The van der Waals surface area contributed by atoms with Gasteiger partial charge in [0.1, 0.15) is 5.82 Å². The van der Waals surface area contributed by atoms with E-state index in [1.165, 1.54) is 6.07 Å². The Morgan fingerprint density at radius 3 is 2.94 bits per heavy atom. The van der Waals surface area contributed by atoms with E-state index in [2.05, 4.69) is 26.2 Å². The summed E-state index contributed by atoms with van der Waals surface area (Å²) in [7, 11) is 0. The first-order valence-corrected chi connectivity index (χ1v) is 5.92. The number of primary amides is 1. The monoisotopic (exact) mass is 315 g/mol. The highest BCUT2D eigenvalue weighted by Crippen LogP contribution is 2.24. The Kier molecular flexibility index (Phi) is 3.37. The first kappa shape index (κ1) is 12.6. The number of fused-ring (bicyclic) bond motifs is 1. The number of carbonyl (C=O) groups excluding carboxylic acids is 1. The van der Waals surface area contributed by atoms with E-state index in [1.807, 2.05) is 0 Å². The molecule has 1 aromatic heterocycles. The molecule has 0 aliphatic carbocycles. The number of nitrogens with two attached hydrogens (primary N) is 2. The number of benzene rings is 1. The molecule has 0 bridgehead atoms. The van der Waals surface area contributed by atoms with Crippen LogP contribution >= 0.6 is 15.9 Å². The molecule has 0 unspecified atom stereocenters. The molecular weight excluding hydrogens is 305 g/mol. The SMILES string of the molecule is NC(=O)NCCn1c(N)nc2cc(Br)c(F)cc21. The number of nitrogens with one attached hydrogen (secondary N) is 1. The fraction of sp³-hybridized carbons (Fsp3) is 0.200. The Balaban J connectivity index is 2.34. The number of amides is 2. The van der Waals surface area contributed by atoms with Gasteiger partial charge in [0.25, 0.3) is 0 Å². The minimum atomic E-state index is -0.619. The zero-order chi connectivity index (χ0) is 13.3. The molecule has 0 fully saturated rings. The Morgan fingerprint density at radius 1 is 1.56 bits per heavy atom. The minimum absolute atomic E-state index is 0.258. The number of urea groups is 1. The molecule has 8 heteroatoms. The summed E-state index contributed by atoms with van der Waals surface area (Å²) in [5.74, 6) is -0.139. The molecule has 2 aromatic rings. The Morgan fingerprint density at radius 2 is 2.28 bits per heavy atom. The number of halogens is 2. The molecule has 0 saturated carbocycles. The summed E-state index contributed by atoms with van der Waals surface area (Å²) in [6.07, 6.45) is 0. The number of anilines is 1. The third-order valence-electron chi connectivity index (χ3n) is 2.45. The van der Waals surface area contributed by atoms with E-state index in [1.54, 1.807) is 10.6 Å². The number of carbonyl (C=O) groups is 1. The summed E-state index contributed by atoms with van der Waals surface area (Å²) in [5.41, 5.74) is 11.8. The summed E-state index contributed by atoms with van der Waals surface area (Å²) in [5, 5.41) is 2.43. The van der Waals surface area contributed by atoms with Crippen molar-refractivity contribution in [3.63, 3.8) is 0 Å². The Bertz CT molecular complexity index is 612. The highest BCUT2D eigenvalue weighted by atomic mass is 79.9. The molecule has 0 aliphatic rings. The average Bonchev–Trinajstić information content (AvgIpc) is 2.56. The lowest BCUT2D eigenvalue weighted by atomic mass is 10.3. The van der Waals surface area contributed by atoms with Gasteiger partial charge >= 0.3 is 6.03 Å². The average molecular weight is 316 g/mol. The Labute approximate surface area is 110 Å². The van der Waals surface area contributed by atoms with Crippen LogP contribution < -0.4 is 16.8 Å². The van der Waals surface area contributed by atoms with Crippen LogP contribution in [-0.4, -0.2) is 22.1 Å². The molecule has 0 spiro atoms. The maximum absolute atomic E-state index is 13.5. The largest absolute Gasteiger partial charge is 0.369 e. The van der Waals surface area contributed by atoms with E-state index in [-0.39, 0.29) is 5.95 Å². The summed E-state index contributed by atoms with van der Waals surface area (Å²) in [6.45, 7) is 0.662. The molecule has 1 heterocycles. The van der Waals surface area contributed by atoms with Gasteiger partial charge in [-0.2, -0.15) is 0 Å². The summed E-state index contributed by atoms with van der Waals surface area (Å²) < 4.78 is 15.4. The predicted octanol–water partition coefficient (Wildman–Crippen LogP) is 1.19. The second kappa shape index (κ2) is 4.81. The van der Waals surface area contributed by atoms with Gasteiger partial charge in [0, 0.05) is 19.2 Å². The van der Waals surface area contributed by atoms with Gasteiger partial charge < -0.3 is 21.4 Å². The molecule has 6 nitrogen and oxygen atoms in total. The minimum Gasteiger partial charge on any atom is -0.369 e. The van der Waals surface area contributed by atoms with E-state index in [0.29, 0.717) is 28.6 Å². The van der Waals surface area contributed by atoms with Gasteiger partial charge in [0.2, 0.25) is 5.95 Å². The van der Waals surface area contributed by atoms with Crippen molar-refractivity contribution in [2.24, 2.45) is 5.73 Å². The number of hydrogen-bond acceptors (Lipinski definition) is 3. The molecule has 18 heavy (non-hydrogen) atoms. The van der Waals surface area contributed by atoms with Crippen molar-refractivity contribution in [2.45, 2.75) is 6.54 Å².